The van der Waals surface area contributed by atoms with Crippen molar-refractivity contribution < 1.29 is 27.5 Å². The lowest BCUT2D eigenvalue weighted by Crippen LogP contribution is -2.35. The lowest BCUT2D eigenvalue weighted by molar-refractivity contribution is -0.119. The van der Waals surface area contributed by atoms with Crippen LogP contribution in [0.5, 0.6) is 5.75 Å². The second kappa shape index (κ2) is 10.2. The Hall–Kier alpha value is -3.85. The number of methoxy groups -OCH3 is 1. The molecule has 182 valence electrons. The van der Waals surface area contributed by atoms with E-state index in [-0.39, 0.29) is 16.2 Å². The molecule has 9 heteroatoms. The van der Waals surface area contributed by atoms with Crippen LogP contribution in [0.15, 0.2) is 71.6 Å². The summed E-state index contributed by atoms with van der Waals surface area (Å²) in [5, 5.41) is 2.64. The van der Waals surface area contributed by atoms with E-state index in [2.05, 4.69) is 5.32 Å². The first-order valence-corrected chi connectivity index (χ1v) is 12.6. The van der Waals surface area contributed by atoms with Crippen LogP contribution >= 0.6 is 0 Å². The molecule has 3 aromatic rings. The summed E-state index contributed by atoms with van der Waals surface area (Å²) in [4.78, 5) is 24.7. The topological polar surface area (TPSA) is 102 Å². The Kier molecular flexibility index (Phi) is 7.07. The molecule has 0 spiro atoms. The zero-order valence-corrected chi connectivity index (χ0v) is 20.3. The van der Waals surface area contributed by atoms with Crippen LogP contribution in [0.3, 0.4) is 0 Å². The zero-order chi connectivity index (χ0) is 25.0. The molecule has 1 N–H and O–H groups in total. The van der Waals surface area contributed by atoms with Crippen LogP contribution in [0.1, 0.15) is 27.9 Å². The number of carbonyl (C=O) groups is 2. The lowest BCUT2D eigenvalue weighted by Gasteiger charge is -2.30. The van der Waals surface area contributed by atoms with Crippen LogP contribution in [0.25, 0.3) is 0 Å². The van der Waals surface area contributed by atoms with Crippen molar-refractivity contribution in [2.45, 2.75) is 24.7 Å². The number of hydrogen-bond donors (Lipinski definition) is 1. The average Bonchev–Trinajstić information content (AvgIpc) is 2.87. The molecular formula is C26H26N2O6S. The summed E-state index contributed by atoms with van der Waals surface area (Å²) in [7, 11) is -2.66. The number of aryl methyl sites for hydroxylation is 2. The molecular weight excluding hydrogens is 468 g/mol. The van der Waals surface area contributed by atoms with Crippen LogP contribution in [0, 0.1) is 6.92 Å². The number of fused-ring (bicyclic) bond motifs is 1. The second-order valence-electron chi connectivity index (χ2n) is 8.17. The summed E-state index contributed by atoms with van der Waals surface area (Å²) >= 11 is 0. The van der Waals surface area contributed by atoms with Gasteiger partial charge in [-0.1, -0.05) is 35.9 Å². The molecule has 0 unspecified atom stereocenters. The molecule has 1 aliphatic rings. The summed E-state index contributed by atoms with van der Waals surface area (Å²) in [6.07, 6.45) is 1.47. The highest BCUT2D eigenvalue weighted by atomic mass is 32.2. The summed E-state index contributed by atoms with van der Waals surface area (Å²) in [5.41, 5.74) is 3.18. The number of benzene rings is 3. The average molecular weight is 495 g/mol. The van der Waals surface area contributed by atoms with Crippen LogP contribution in [0.2, 0.25) is 0 Å². The van der Waals surface area contributed by atoms with Gasteiger partial charge < -0.3 is 14.8 Å². The minimum absolute atomic E-state index is 0.00203. The van der Waals surface area contributed by atoms with Crippen molar-refractivity contribution in [2.24, 2.45) is 0 Å². The van der Waals surface area contributed by atoms with E-state index in [1.807, 2.05) is 31.2 Å². The van der Waals surface area contributed by atoms with E-state index in [0.717, 1.165) is 17.5 Å². The molecule has 0 fully saturated rings. The Labute approximate surface area is 204 Å². The quantitative estimate of drug-likeness (QED) is 0.499. The molecule has 0 saturated carbocycles. The van der Waals surface area contributed by atoms with Crippen LogP contribution in [-0.4, -0.2) is 40.6 Å². The summed E-state index contributed by atoms with van der Waals surface area (Å²) in [6.45, 7) is 1.73. The molecule has 3 aromatic carbocycles. The van der Waals surface area contributed by atoms with Gasteiger partial charge in [0.15, 0.2) is 6.61 Å². The first-order valence-electron chi connectivity index (χ1n) is 11.1. The summed E-state index contributed by atoms with van der Waals surface area (Å²) < 4.78 is 39.0. The van der Waals surface area contributed by atoms with Crippen molar-refractivity contribution >= 4 is 33.3 Å². The van der Waals surface area contributed by atoms with E-state index in [0.29, 0.717) is 24.3 Å². The number of anilines is 2. The summed E-state index contributed by atoms with van der Waals surface area (Å²) in [5.74, 6) is -1.21. The van der Waals surface area contributed by atoms with Crippen LogP contribution < -0.4 is 14.4 Å². The minimum Gasteiger partial charge on any atom is -0.495 e. The fourth-order valence-electron chi connectivity index (χ4n) is 3.92. The largest absolute Gasteiger partial charge is 0.495 e. The molecule has 4 rings (SSSR count). The second-order valence-corrected chi connectivity index (χ2v) is 10.00. The maximum absolute atomic E-state index is 13.6. The number of amides is 1. The van der Waals surface area contributed by atoms with E-state index in [1.54, 1.807) is 24.3 Å². The van der Waals surface area contributed by atoms with Crippen molar-refractivity contribution in [3.8, 4) is 5.75 Å². The molecule has 1 heterocycles. The highest BCUT2D eigenvalue weighted by Crippen LogP contribution is 2.35. The SMILES string of the molecule is COc1ccc(C(=O)OCC(=O)Nc2ccc(C)cc2)cc1S(=O)(=O)N1CCCc2ccccc21. The first-order chi connectivity index (χ1) is 16.8. The van der Waals surface area contributed by atoms with Gasteiger partial charge in [0.05, 0.1) is 18.4 Å². The maximum Gasteiger partial charge on any atom is 0.338 e. The van der Waals surface area contributed by atoms with Crippen molar-refractivity contribution in [1.29, 1.82) is 0 Å². The van der Waals surface area contributed by atoms with E-state index < -0.39 is 28.5 Å². The number of rotatable bonds is 7. The van der Waals surface area contributed by atoms with Crippen molar-refractivity contribution in [3.05, 3.63) is 83.4 Å². The Balaban J connectivity index is 1.53. The standard InChI is InChI=1S/C26H26N2O6S/c1-18-9-12-21(13-10-18)27-25(29)17-34-26(30)20-11-14-23(33-2)24(16-20)35(31,32)28-15-5-7-19-6-3-4-8-22(19)28/h3-4,6,8-14,16H,5,7,15,17H2,1-2H3,(H,27,29). The van der Waals surface area contributed by atoms with Gasteiger partial charge in [0.2, 0.25) is 0 Å². The fourth-order valence-corrected chi connectivity index (χ4v) is 5.65. The lowest BCUT2D eigenvalue weighted by atomic mass is 10.0. The maximum atomic E-state index is 13.6. The first kappa shape index (κ1) is 24.3. The van der Waals surface area contributed by atoms with Gasteiger partial charge in [-0.05, 0) is 61.7 Å². The van der Waals surface area contributed by atoms with E-state index in [9.17, 15) is 18.0 Å². The van der Waals surface area contributed by atoms with Gasteiger partial charge in [-0.3, -0.25) is 9.10 Å². The van der Waals surface area contributed by atoms with Crippen molar-refractivity contribution in [2.75, 3.05) is 29.9 Å². The number of sulfonamides is 1. The molecule has 0 bridgehead atoms. The number of nitrogens with one attached hydrogen (secondary N) is 1. The molecule has 0 aliphatic carbocycles. The number of para-hydroxylation sites is 1. The normalized spacial score (nSPS) is 13.0. The summed E-state index contributed by atoms with van der Waals surface area (Å²) in [6, 6.07) is 18.6. The van der Waals surface area contributed by atoms with Gasteiger partial charge in [-0.15, -0.1) is 0 Å². The smallest absolute Gasteiger partial charge is 0.338 e. The minimum atomic E-state index is -4.03. The molecule has 0 saturated heterocycles. The van der Waals surface area contributed by atoms with E-state index in [1.165, 1.54) is 29.6 Å². The van der Waals surface area contributed by atoms with Gasteiger partial charge in [-0.2, -0.15) is 0 Å². The number of esters is 1. The van der Waals surface area contributed by atoms with Gasteiger partial charge in [-0.25, -0.2) is 13.2 Å². The van der Waals surface area contributed by atoms with E-state index in [4.69, 9.17) is 9.47 Å². The molecule has 1 amide bonds. The predicted octanol–water partition coefficient (Wildman–Crippen LogP) is 3.94. The third kappa shape index (κ3) is 5.30. The number of hydrogen-bond acceptors (Lipinski definition) is 6. The van der Waals surface area contributed by atoms with Crippen molar-refractivity contribution in [3.63, 3.8) is 0 Å². The number of carbonyl (C=O) groups excluding carboxylic acids is 2. The third-order valence-corrected chi connectivity index (χ3v) is 7.54. The predicted molar refractivity (Wildman–Crippen MR) is 132 cm³/mol. The van der Waals surface area contributed by atoms with Gasteiger partial charge in [0, 0.05) is 12.2 Å². The number of ether oxygens (including phenoxy) is 2. The molecule has 8 nitrogen and oxygen atoms in total. The van der Waals surface area contributed by atoms with Crippen molar-refractivity contribution in [1.82, 2.24) is 0 Å². The van der Waals surface area contributed by atoms with Gasteiger partial charge in [0.25, 0.3) is 15.9 Å². The molecule has 1 aliphatic heterocycles. The molecule has 0 radical (unpaired) electrons. The Morgan fingerprint density at radius 1 is 1.03 bits per heavy atom. The van der Waals surface area contributed by atoms with Gasteiger partial charge in [0.1, 0.15) is 10.6 Å². The Bertz CT molecular complexity index is 1350. The Morgan fingerprint density at radius 3 is 2.51 bits per heavy atom. The molecule has 35 heavy (non-hydrogen) atoms. The highest BCUT2D eigenvalue weighted by Gasteiger charge is 2.32. The van der Waals surface area contributed by atoms with Gasteiger partial charge >= 0.3 is 5.97 Å². The Morgan fingerprint density at radius 2 is 1.77 bits per heavy atom. The van der Waals surface area contributed by atoms with Crippen LogP contribution in [-0.2, 0) is 26.0 Å². The number of nitrogens with zero attached hydrogens (tertiary/aromatic N) is 1. The zero-order valence-electron chi connectivity index (χ0n) is 19.5. The monoisotopic (exact) mass is 494 g/mol. The van der Waals surface area contributed by atoms with E-state index >= 15 is 0 Å². The van der Waals surface area contributed by atoms with Crippen LogP contribution in [0.4, 0.5) is 11.4 Å². The fraction of sp³-hybridized carbons (Fsp3) is 0.231. The third-order valence-electron chi connectivity index (χ3n) is 5.70. The molecule has 0 aromatic heterocycles. The molecule has 0 atom stereocenters. The highest BCUT2D eigenvalue weighted by molar-refractivity contribution is 7.93.